The second kappa shape index (κ2) is 10.6. The third kappa shape index (κ3) is 6.00. The van der Waals surface area contributed by atoms with Gasteiger partial charge < -0.3 is 28.4 Å². The number of carbonyl (C=O) groups is 2. The van der Waals surface area contributed by atoms with E-state index in [1.165, 1.54) is 26.4 Å². The van der Waals surface area contributed by atoms with Crippen LogP contribution in [-0.2, 0) is 14.2 Å². The van der Waals surface area contributed by atoms with Crippen molar-refractivity contribution < 1.29 is 38.0 Å². The number of morpholine rings is 1. The van der Waals surface area contributed by atoms with Crippen LogP contribution in [0.5, 0.6) is 17.2 Å². The summed E-state index contributed by atoms with van der Waals surface area (Å²) in [7, 11) is 2.78. The molecule has 1 heterocycles. The van der Waals surface area contributed by atoms with Gasteiger partial charge in [-0.2, -0.15) is 0 Å². The number of nitrogens with zero attached hydrogens (tertiary/aromatic N) is 1. The largest absolute Gasteiger partial charge is 0.514 e. The highest BCUT2D eigenvalue weighted by Gasteiger charge is 2.21. The van der Waals surface area contributed by atoms with Crippen LogP contribution in [0.4, 0.5) is 4.79 Å². The number of hydrogen-bond donors (Lipinski definition) is 0. The van der Waals surface area contributed by atoms with Crippen molar-refractivity contribution in [3.8, 4) is 17.2 Å². The Hall–Kier alpha value is -2.52. The first-order chi connectivity index (χ1) is 13.1. The minimum Gasteiger partial charge on any atom is -0.493 e. The second-order valence-corrected chi connectivity index (χ2v) is 5.58. The molecular weight excluding hydrogens is 358 g/mol. The molecule has 0 aliphatic carbocycles. The Morgan fingerprint density at radius 1 is 1.07 bits per heavy atom. The summed E-state index contributed by atoms with van der Waals surface area (Å²) in [6.45, 7) is 5.72. The second-order valence-electron chi connectivity index (χ2n) is 5.58. The molecule has 1 fully saturated rings. The molecule has 1 aliphatic heterocycles. The summed E-state index contributed by atoms with van der Waals surface area (Å²) in [4.78, 5) is 26.1. The summed E-state index contributed by atoms with van der Waals surface area (Å²) in [6.07, 6.45) is -0.894. The van der Waals surface area contributed by atoms with Gasteiger partial charge in [-0.3, -0.25) is 4.90 Å². The van der Waals surface area contributed by atoms with Crippen LogP contribution in [0.15, 0.2) is 12.1 Å². The minimum absolute atomic E-state index is 0.0308. The van der Waals surface area contributed by atoms with E-state index in [2.05, 4.69) is 4.90 Å². The van der Waals surface area contributed by atoms with Crippen LogP contribution in [0, 0.1) is 0 Å². The summed E-state index contributed by atoms with van der Waals surface area (Å²) in [5.74, 6) is -0.184. The fraction of sp³-hybridized carbons (Fsp3) is 0.556. The summed E-state index contributed by atoms with van der Waals surface area (Å²) >= 11 is 0. The zero-order valence-corrected chi connectivity index (χ0v) is 15.8. The monoisotopic (exact) mass is 383 g/mol. The molecule has 0 amide bonds. The molecular formula is C18H25NO8. The maximum Gasteiger partial charge on any atom is 0.514 e. The van der Waals surface area contributed by atoms with Gasteiger partial charge in [0.25, 0.3) is 0 Å². The van der Waals surface area contributed by atoms with E-state index in [4.69, 9.17) is 28.4 Å². The van der Waals surface area contributed by atoms with Crippen molar-refractivity contribution in [3.05, 3.63) is 17.7 Å². The smallest absolute Gasteiger partial charge is 0.493 e. The molecule has 2 rings (SSSR count). The zero-order chi connectivity index (χ0) is 19.6. The van der Waals surface area contributed by atoms with E-state index in [-0.39, 0.29) is 36.0 Å². The Labute approximate surface area is 158 Å². The topological polar surface area (TPSA) is 92.8 Å². The molecule has 1 aromatic rings. The van der Waals surface area contributed by atoms with Crippen molar-refractivity contribution >= 4 is 12.1 Å². The van der Waals surface area contributed by atoms with E-state index in [1.807, 2.05) is 0 Å². The number of benzene rings is 1. The van der Waals surface area contributed by atoms with Crippen LogP contribution < -0.4 is 14.2 Å². The standard InChI is InChI=1S/C18H25NO8/c1-4-25-18(21)27-16-14(22-2)11-13(12-15(16)23-3)17(20)26-10-7-19-5-8-24-9-6-19/h11-12H,4-10H2,1-3H3. The van der Waals surface area contributed by atoms with Gasteiger partial charge in [0, 0.05) is 19.6 Å². The molecule has 1 aliphatic rings. The number of methoxy groups -OCH3 is 2. The number of carbonyl (C=O) groups excluding carboxylic acids is 2. The van der Waals surface area contributed by atoms with Crippen molar-refractivity contribution in [2.24, 2.45) is 0 Å². The molecule has 27 heavy (non-hydrogen) atoms. The molecule has 0 atom stereocenters. The van der Waals surface area contributed by atoms with Crippen molar-refractivity contribution in [2.75, 3.05) is 60.3 Å². The van der Waals surface area contributed by atoms with E-state index in [1.54, 1.807) is 6.92 Å². The molecule has 9 nitrogen and oxygen atoms in total. The highest BCUT2D eigenvalue weighted by molar-refractivity contribution is 5.91. The van der Waals surface area contributed by atoms with Crippen LogP contribution in [0.25, 0.3) is 0 Å². The number of rotatable bonds is 8. The maximum atomic E-state index is 12.3. The van der Waals surface area contributed by atoms with Crippen LogP contribution >= 0.6 is 0 Å². The molecule has 1 aromatic carbocycles. The van der Waals surface area contributed by atoms with E-state index >= 15 is 0 Å². The van der Waals surface area contributed by atoms with Gasteiger partial charge in [-0.25, -0.2) is 9.59 Å². The summed E-state index contributed by atoms with van der Waals surface area (Å²) < 4.78 is 30.9. The molecule has 0 unspecified atom stereocenters. The number of hydrogen-bond acceptors (Lipinski definition) is 9. The highest BCUT2D eigenvalue weighted by atomic mass is 16.7. The Bertz CT molecular complexity index is 617. The first kappa shape index (κ1) is 20.8. The zero-order valence-electron chi connectivity index (χ0n) is 15.8. The van der Waals surface area contributed by atoms with Crippen LogP contribution in [0.3, 0.4) is 0 Å². The summed E-state index contributed by atoms with van der Waals surface area (Å²) in [5, 5.41) is 0. The predicted molar refractivity (Wildman–Crippen MR) is 94.7 cm³/mol. The molecule has 0 bridgehead atoms. The van der Waals surface area contributed by atoms with Crippen LogP contribution in [0.2, 0.25) is 0 Å². The quantitative estimate of drug-likeness (QED) is 0.491. The van der Waals surface area contributed by atoms with E-state index in [0.29, 0.717) is 19.8 Å². The van der Waals surface area contributed by atoms with Crippen molar-refractivity contribution in [3.63, 3.8) is 0 Å². The molecule has 150 valence electrons. The average molecular weight is 383 g/mol. The fourth-order valence-corrected chi connectivity index (χ4v) is 2.50. The van der Waals surface area contributed by atoms with E-state index < -0.39 is 12.1 Å². The predicted octanol–water partition coefficient (Wildman–Crippen LogP) is 1.73. The van der Waals surface area contributed by atoms with E-state index in [0.717, 1.165) is 13.1 Å². The molecule has 0 N–H and O–H groups in total. The highest BCUT2D eigenvalue weighted by Crippen LogP contribution is 2.39. The fourth-order valence-electron chi connectivity index (χ4n) is 2.50. The van der Waals surface area contributed by atoms with Gasteiger partial charge >= 0.3 is 12.1 Å². The lowest BCUT2D eigenvalue weighted by molar-refractivity contribution is 0.0195. The van der Waals surface area contributed by atoms with Crippen LogP contribution in [0.1, 0.15) is 17.3 Å². The Kier molecular flexibility index (Phi) is 8.15. The van der Waals surface area contributed by atoms with Gasteiger partial charge in [-0.05, 0) is 19.1 Å². The molecule has 0 spiro atoms. The van der Waals surface area contributed by atoms with E-state index in [9.17, 15) is 9.59 Å². The molecule has 0 aromatic heterocycles. The minimum atomic E-state index is -0.894. The first-order valence-electron chi connectivity index (χ1n) is 8.66. The summed E-state index contributed by atoms with van der Waals surface area (Å²) in [6, 6.07) is 2.85. The summed E-state index contributed by atoms with van der Waals surface area (Å²) in [5.41, 5.74) is 0.224. The van der Waals surface area contributed by atoms with Gasteiger partial charge in [0.05, 0.1) is 39.6 Å². The molecule has 9 heteroatoms. The van der Waals surface area contributed by atoms with Gasteiger partial charge in [-0.1, -0.05) is 0 Å². The normalized spacial score (nSPS) is 14.3. The lowest BCUT2D eigenvalue weighted by Gasteiger charge is -2.26. The van der Waals surface area contributed by atoms with Crippen molar-refractivity contribution in [2.45, 2.75) is 6.92 Å². The van der Waals surface area contributed by atoms with Gasteiger partial charge in [-0.15, -0.1) is 0 Å². The van der Waals surface area contributed by atoms with Crippen molar-refractivity contribution in [1.82, 2.24) is 4.90 Å². The SMILES string of the molecule is CCOC(=O)Oc1c(OC)cc(C(=O)OCCN2CCOCC2)cc1OC. The third-order valence-corrected chi connectivity index (χ3v) is 3.89. The first-order valence-corrected chi connectivity index (χ1v) is 8.66. The van der Waals surface area contributed by atoms with Crippen molar-refractivity contribution in [1.29, 1.82) is 0 Å². The van der Waals surface area contributed by atoms with Gasteiger partial charge in [0.1, 0.15) is 6.61 Å². The lowest BCUT2D eigenvalue weighted by atomic mass is 10.2. The maximum absolute atomic E-state index is 12.3. The average Bonchev–Trinajstić information content (AvgIpc) is 2.68. The number of ether oxygens (including phenoxy) is 6. The number of esters is 1. The lowest BCUT2D eigenvalue weighted by Crippen LogP contribution is -2.38. The Balaban J connectivity index is 2.04. The molecule has 0 saturated carbocycles. The van der Waals surface area contributed by atoms with Gasteiger partial charge in [0.15, 0.2) is 11.5 Å². The molecule has 1 saturated heterocycles. The Morgan fingerprint density at radius 3 is 2.26 bits per heavy atom. The molecule has 0 radical (unpaired) electrons. The Morgan fingerprint density at radius 2 is 1.70 bits per heavy atom. The van der Waals surface area contributed by atoms with Crippen LogP contribution in [-0.4, -0.2) is 77.3 Å². The third-order valence-electron chi connectivity index (χ3n) is 3.89. The van der Waals surface area contributed by atoms with Gasteiger partial charge in [0.2, 0.25) is 5.75 Å².